The molecule has 7 heteroatoms. The summed E-state index contributed by atoms with van der Waals surface area (Å²) in [6.07, 6.45) is 0. The number of hydrogen-bond donors (Lipinski definition) is 2. The van der Waals surface area contributed by atoms with E-state index in [0.29, 0.717) is 15.1 Å². The lowest BCUT2D eigenvalue weighted by molar-refractivity contribution is -0.142. The summed E-state index contributed by atoms with van der Waals surface area (Å²) < 4.78 is 5.65. The minimum absolute atomic E-state index is 0.113. The fraction of sp³-hybridized carbons (Fsp3) is 0.333. The van der Waals surface area contributed by atoms with Crippen LogP contribution in [0.3, 0.4) is 0 Å². The summed E-state index contributed by atoms with van der Waals surface area (Å²) in [5.74, 6) is -2.04. The van der Waals surface area contributed by atoms with Crippen LogP contribution in [0.15, 0.2) is 22.7 Å². The highest BCUT2D eigenvalue weighted by Gasteiger charge is 2.35. The highest BCUT2D eigenvalue weighted by Crippen LogP contribution is 2.22. The molecule has 1 heterocycles. The van der Waals surface area contributed by atoms with Gasteiger partial charge in [-0.05, 0) is 34.1 Å². The zero-order valence-corrected chi connectivity index (χ0v) is 12.1. The van der Waals surface area contributed by atoms with Gasteiger partial charge in [0.25, 0.3) is 5.91 Å². The molecule has 0 aromatic heterocycles. The predicted octanol–water partition coefficient (Wildman–Crippen LogP) is 1.93. The van der Waals surface area contributed by atoms with Crippen molar-refractivity contribution < 1.29 is 19.4 Å². The molecule has 1 aromatic rings. The zero-order chi connectivity index (χ0) is 14.0. The number of carbonyl (C=O) groups is 2. The Balaban J connectivity index is 2.10. The summed E-state index contributed by atoms with van der Waals surface area (Å²) in [6, 6.07) is 4.26. The van der Waals surface area contributed by atoms with E-state index in [1.54, 1.807) is 18.2 Å². The summed E-state index contributed by atoms with van der Waals surface area (Å²) >= 11 is 9.05. The molecule has 1 aliphatic heterocycles. The number of benzene rings is 1. The van der Waals surface area contributed by atoms with Crippen LogP contribution in [0.4, 0.5) is 0 Å². The number of aliphatic carboxylic acids is 1. The molecule has 2 rings (SSSR count). The number of carbonyl (C=O) groups excluding carboxylic acids is 1. The average molecular weight is 349 g/mol. The minimum Gasteiger partial charge on any atom is -0.481 e. The minimum atomic E-state index is -0.974. The van der Waals surface area contributed by atoms with E-state index in [1.807, 2.05) is 0 Å². The van der Waals surface area contributed by atoms with E-state index in [4.69, 9.17) is 21.4 Å². The molecule has 1 amide bonds. The monoisotopic (exact) mass is 347 g/mol. The van der Waals surface area contributed by atoms with Crippen molar-refractivity contribution in [1.82, 2.24) is 5.32 Å². The molecule has 19 heavy (non-hydrogen) atoms. The molecule has 1 aliphatic rings. The Labute approximate surface area is 123 Å². The van der Waals surface area contributed by atoms with Gasteiger partial charge in [-0.3, -0.25) is 9.59 Å². The Kier molecular flexibility index (Phi) is 4.44. The van der Waals surface area contributed by atoms with Gasteiger partial charge in [0.1, 0.15) is 5.92 Å². The first-order chi connectivity index (χ1) is 8.99. The van der Waals surface area contributed by atoms with Gasteiger partial charge in [-0.15, -0.1) is 0 Å². The molecular weight excluding hydrogens is 337 g/mol. The third-order valence-electron chi connectivity index (χ3n) is 2.89. The van der Waals surface area contributed by atoms with E-state index >= 15 is 0 Å². The standard InChI is InChI=1S/C12H11BrClNO4/c13-9-3-6(14)1-2-7(9)11(16)15-10-5-19-4-8(10)12(17)18/h1-3,8,10H,4-5H2,(H,15,16)(H,17,18). The number of nitrogens with one attached hydrogen (secondary N) is 1. The molecular formula is C12H11BrClNO4. The highest BCUT2D eigenvalue weighted by atomic mass is 79.9. The highest BCUT2D eigenvalue weighted by molar-refractivity contribution is 9.10. The molecule has 0 aliphatic carbocycles. The summed E-state index contributed by atoms with van der Waals surface area (Å²) in [5, 5.41) is 12.2. The molecule has 0 radical (unpaired) electrons. The summed E-state index contributed by atoms with van der Waals surface area (Å²) in [5.41, 5.74) is 0.403. The SMILES string of the molecule is O=C(NC1COCC1C(=O)O)c1ccc(Cl)cc1Br. The van der Waals surface area contributed by atoms with Crippen molar-refractivity contribution in [2.24, 2.45) is 5.92 Å². The molecule has 1 aromatic carbocycles. The van der Waals surface area contributed by atoms with Crippen LogP contribution in [0.25, 0.3) is 0 Å². The Morgan fingerprint density at radius 1 is 1.42 bits per heavy atom. The van der Waals surface area contributed by atoms with E-state index in [1.165, 1.54) is 0 Å². The van der Waals surface area contributed by atoms with E-state index in [-0.39, 0.29) is 19.1 Å². The van der Waals surface area contributed by atoms with E-state index in [2.05, 4.69) is 21.2 Å². The molecule has 102 valence electrons. The van der Waals surface area contributed by atoms with Crippen molar-refractivity contribution in [3.63, 3.8) is 0 Å². The maximum absolute atomic E-state index is 12.1. The first-order valence-corrected chi connectivity index (χ1v) is 6.72. The van der Waals surface area contributed by atoms with Crippen LogP contribution >= 0.6 is 27.5 Å². The zero-order valence-electron chi connectivity index (χ0n) is 9.73. The van der Waals surface area contributed by atoms with Gasteiger partial charge < -0.3 is 15.2 Å². The van der Waals surface area contributed by atoms with Gasteiger partial charge in [0.05, 0.1) is 24.8 Å². The fourth-order valence-electron chi connectivity index (χ4n) is 1.86. The van der Waals surface area contributed by atoms with Gasteiger partial charge in [0.2, 0.25) is 0 Å². The molecule has 0 spiro atoms. The van der Waals surface area contributed by atoms with Crippen molar-refractivity contribution >= 4 is 39.4 Å². The molecule has 2 atom stereocenters. The number of amides is 1. The summed E-state index contributed by atoms with van der Waals surface area (Å²) in [4.78, 5) is 23.1. The Bertz CT molecular complexity index is 522. The van der Waals surface area contributed by atoms with Crippen molar-refractivity contribution in [1.29, 1.82) is 0 Å². The number of halogens is 2. The second-order valence-corrected chi connectivity index (χ2v) is 5.48. The van der Waals surface area contributed by atoms with Crippen LogP contribution in [0.5, 0.6) is 0 Å². The maximum Gasteiger partial charge on any atom is 0.311 e. The summed E-state index contributed by atoms with van der Waals surface area (Å²) in [6.45, 7) is 0.315. The normalized spacial score (nSPS) is 22.2. The van der Waals surface area contributed by atoms with Crippen molar-refractivity contribution in [3.8, 4) is 0 Å². The Morgan fingerprint density at radius 2 is 2.16 bits per heavy atom. The van der Waals surface area contributed by atoms with E-state index in [0.717, 1.165) is 0 Å². The smallest absolute Gasteiger partial charge is 0.311 e. The van der Waals surface area contributed by atoms with Crippen LogP contribution in [-0.2, 0) is 9.53 Å². The molecule has 2 unspecified atom stereocenters. The van der Waals surface area contributed by atoms with Gasteiger partial charge in [0, 0.05) is 9.50 Å². The first kappa shape index (κ1) is 14.3. The van der Waals surface area contributed by atoms with Crippen LogP contribution in [0.1, 0.15) is 10.4 Å². The molecule has 0 bridgehead atoms. The van der Waals surface area contributed by atoms with Gasteiger partial charge in [-0.2, -0.15) is 0 Å². The molecule has 1 saturated heterocycles. The number of carboxylic acids is 1. The number of carboxylic acid groups (broad SMARTS) is 1. The lowest BCUT2D eigenvalue weighted by Crippen LogP contribution is -2.42. The topological polar surface area (TPSA) is 75.6 Å². The lowest BCUT2D eigenvalue weighted by Gasteiger charge is -2.16. The Hall–Kier alpha value is -1.11. The van der Waals surface area contributed by atoms with Crippen molar-refractivity contribution in [2.45, 2.75) is 6.04 Å². The van der Waals surface area contributed by atoms with Gasteiger partial charge in [-0.25, -0.2) is 0 Å². The summed E-state index contributed by atoms with van der Waals surface area (Å²) in [7, 11) is 0. The second-order valence-electron chi connectivity index (χ2n) is 4.19. The van der Waals surface area contributed by atoms with E-state index < -0.39 is 17.9 Å². The van der Waals surface area contributed by atoms with Crippen LogP contribution in [0.2, 0.25) is 5.02 Å². The van der Waals surface area contributed by atoms with Gasteiger partial charge in [0.15, 0.2) is 0 Å². The lowest BCUT2D eigenvalue weighted by atomic mass is 10.0. The quantitative estimate of drug-likeness (QED) is 0.875. The number of hydrogen-bond acceptors (Lipinski definition) is 3. The van der Waals surface area contributed by atoms with Crippen LogP contribution < -0.4 is 5.32 Å². The number of rotatable bonds is 3. The average Bonchev–Trinajstić information content (AvgIpc) is 2.76. The van der Waals surface area contributed by atoms with Crippen LogP contribution in [-0.4, -0.2) is 36.2 Å². The first-order valence-electron chi connectivity index (χ1n) is 5.55. The third-order valence-corrected chi connectivity index (χ3v) is 3.78. The molecule has 1 fully saturated rings. The van der Waals surface area contributed by atoms with Crippen molar-refractivity contribution in [2.75, 3.05) is 13.2 Å². The van der Waals surface area contributed by atoms with E-state index in [9.17, 15) is 9.59 Å². The third kappa shape index (κ3) is 3.26. The molecule has 2 N–H and O–H groups in total. The number of ether oxygens (including phenoxy) is 1. The molecule has 5 nitrogen and oxygen atoms in total. The predicted molar refractivity (Wildman–Crippen MR) is 72.4 cm³/mol. The van der Waals surface area contributed by atoms with Gasteiger partial charge >= 0.3 is 5.97 Å². The fourth-order valence-corrected chi connectivity index (χ4v) is 2.72. The van der Waals surface area contributed by atoms with Crippen LogP contribution in [0, 0.1) is 5.92 Å². The maximum atomic E-state index is 12.1. The van der Waals surface area contributed by atoms with Gasteiger partial charge in [-0.1, -0.05) is 11.6 Å². The second kappa shape index (κ2) is 5.90. The molecule has 0 saturated carbocycles. The largest absolute Gasteiger partial charge is 0.481 e. The Morgan fingerprint density at radius 3 is 2.79 bits per heavy atom. The van der Waals surface area contributed by atoms with Crippen molar-refractivity contribution in [3.05, 3.63) is 33.3 Å².